The first kappa shape index (κ1) is 10.6. The molecular formula is C13H20N2. The highest BCUT2D eigenvalue weighted by Gasteiger charge is 2.23. The largest absolute Gasteiger partial charge is 0.309 e. The van der Waals surface area contributed by atoms with Crippen molar-refractivity contribution < 1.29 is 0 Å². The summed E-state index contributed by atoms with van der Waals surface area (Å²) < 4.78 is 0. The van der Waals surface area contributed by atoms with Crippen molar-refractivity contribution in [3.63, 3.8) is 0 Å². The number of pyridine rings is 1. The van der Waals surface area contributed by atoms with Gasteiger partial charge in [-0.3, -0.25) is 4.98 Å². The first-order chi connectivity index (χ1) is 7.25. The Morgan fingerprint density at radius 3 is 3.00 bits per heavy atom. The van der Waals surface area contributed by atoms with Gasteiger partial charge in [-0.05, 0) is 37.8 Å². The van der Waals surface area contributed by atoms with Gasteiger partial charge in [0.25, 0.3) is 0 Å². The average molecular weight is 204 g/mol. The van der Waals surface area contributed by atoms with Gasteiger partial charge in [-0.2, -0.15) is 0 Å². The van der Waals surface area contributed by atoms with Crippen molar-refractivity contribution in [1.29, 1.82) is 0 Å². The Kier molecular flexibility index (Phi) is 3.37. The predicted molar refractivity (Wildman–Crippen MR) is 62.6 cm³/mol. The van der Waals surface area contributed by atoms with E-state index >= 15 is 0 Å². The number of rotatable bonds is 5. The third-order valence-electron chi connectivity index (χ3n) is 3.12. The van der Waals surface area contributed by atoms with Crippen LogP contribution in [-0.2, 0) is 6.54 Å². The molecule has 1 atom stereocenters. The molecule has 2 heteroatoms. The fourth-order valence-corrected chi connectivity index (χ4v) is 1.91. The van der Waals surface area contributed by atoms with E-state index in [1.807, 2.05) is 12.3 Å². The van der Waals surface area contributed by atoms with Crippen LogP contribution in [0.5, 0.6) is 0 Å². The van der Waals surface area contributed by atoms with Crippen LogP contribution in [0.25, 0.3) is 0 Å². The molecule has 1 aliphatic rings. The summed E-state index contributed by atoms with van der Waals surface area (Å²) in [5.41, 5.74) is 2.46. The van der Waals surface area contributed by atoms with Crippen molar-refractivity contribution in [2.75, 3.05) is 0 Å². The van der Waals surface area contributed by atoms with Crippen LogP contribution in [0.3, 0.4) is 0 Å². The molecule has 0 amide bonds. The average Bonchev–Trinajstić information content (AvgIpc) is 3.00. The summed E-state index contributed by atoms with van der Waals surface area (Å²) in [6, 6.07) is 4.74. The monoisotopic (exact) mass is 204 g/mol. The Hall–Kier alpha value is -0.890. The molecule has 1 saturated carbocycles. The normalized spacial score (nSPS) is 17.7. The molecular weight excluding hydrogens is 184 g/mol. The van der Waals surface area contributed by atoms with Crippen LogP contribution in [0.4, 0.5) is 0 Å². The Labute approximate surface area is 92.1 Å². The maximum absolute atomic E-state index is 4.38. The molecule has 0 spiro atoms. The van der Waals surface area contributed by atoms with E-state index in [0.29, 0.717) is 6.04 Å². The summed E-state index contributed by atoms with van der Waals surface area (Å²) in [6.45, 7) is 5.30. The van der Waals surface area contributed by atoms with Crippen LogP contribution in [-0.4, -0.2) is 11.0 Å². The van der Waals surface area contributed by atoms with Gasteiger partial charge in [-0.15, -0.1) is 0 Å². The molecule has 15 heavy (non-hydrogen) atoms. The summed E-state index contributed by atoms with van der Waals surface area (Å²) in [5.74, 6) is 0.998. The maximum Gasteiger partial charge on any atom is 0.0570 e. The highest BCUT2D eigenvalue weighted by Crippen LogP contribution is 2.33. The van der Waals surface area contributed by atoms with Gasteiger partial charge in [-0.1, -0.05) is 18.9 Å². The Morgan fingerprint density at radius 1 is 1.53 bits per heavy atom. The highest BCUT2D eigenvalue weighted by molar-refractivity contribution is 5.17. The van der Waals surface area contributed by atoms with Gasteiger partial charge in [0.2, 0.25) is 0 Å². The lowest BCUT2D eigenvalue weighted by Gasteiger charge is -2.13. The smallest absolute Gasteiger partial charge is 0.0570 e. The van der Waals surface area contributed by atoms with Crippen molar-refractivity contribution in [3.05, 3.63) is 29.6 Å². The van der Waals surface area contributed by atoms with Crippen molar-refractivity contribution in [1.82, 2.24) is 10.3 Å². The topological polar surface area (TPSA) is 24.9 Å². The second kappa shape index (κ2) is 4.75. The molecule has 1 aromatic rings. The zero-order valence-electron chi connectivity index (χ0n) is 9.66. The minimum Gasteiger partial charge on any atom is -0.309 e. The molecule has 1 aromatic heterocycles. The lowest BCUT2D eigenvalue weighted by Crippen LogP contribution is -2.26. The molecule has 1 unspecified atom stereocenters. The van der Waals surface area contributed by atoms with Gasteiger partial charge in [0, 0.05) is 18.8 Å². The van der Waals surface area contributed by atoms with E-state index in [1.165, 1.54) is 30.5 Å². The standard InChI is InChI=1S/C13H20N2/c1-10-4-3-7-14-13(10)9-15-11(2)8-12-5-6-12/h3-4,7,11-12,15H,5-6,8-9H2,1-2H3. The molecule has 2 nitrogen and oxygen atoms in total. The van der Waals surface area contributed by atoms with E-state index in [4.69, 9.17) is 0 Å². The van der Waals surface area contributed by atoms with Crippen LogP contribution < -0.4 is 5.32 Å². The van der Waals surface area contributed by atoms with E-state index in [0.717, 1.165) is 12.5 Å². The summed E-state index contributed by atoms with van der Waals surface area (Å²) >= 11 is 0. The zero-order valence-corrected chi connectivity index (χ0v) is 9.66. The Balaban J connectivity index is 1.78. The van der Waals surface area contributed by atoms with Gasteiger partial charge >= 0.3 is 0 Å². The number of nitrogens with zero attached hydrogens (tertiary/aromatic N) is 1. The van der Waals surface area contributed by atoms with Crippen LogP contribution >= 0.6 is 0 Å². The molecule has 1 fully saturated rings. The SMILES string of the molecule is Cc1cccnc1CNC(C)CC1CC1. The molecule has 82 valence electrons. The molecule has 1 N–H and O–H groups in total. The van der Waals surface area contributed by atoms with Gasteiger partial charge in [0.1, 0.15) is 0 Å². The fourth-order valence-electron chi connectivity index (χ4n) is 1.91. The third kappa shape index (κ3) is 3.31. The Morgan fingerprint density at radius 2 is 2.33 bits per heavy atom. The number of hydrogen-bond acceptors (Lipinski definition) is 2. The molecule has 0 bridgehead atoms. The number of aryl methyl sites for hydroxylation is 1. The van der Waals surface area contributed by atoms with E-state index in [9.17, 15) is 0 Å². The minimum absolute atomic E-state index is 0.624. The van der Waals surface area contributed by atoms with Crippen LogP contribution in [0.1, 0.15) is 37.4 Å². The summed E-state index contributed by atoms with van der Waals surface area (Å²) in [7, 11) is 0. The van der Waals surface area contributed by atoms with Gasteiger partial charge in [-0.25, -0.2) is 0 Å². The lowest BCUT2D eigenvalue weighted by atomic mass is 10.1. The molecule has 0 radical (unpaired) electrons. The number of hydrogen-bond donors (Lipinski definition) is 1. The minimum atomic E-state index is 0.624. The Bertz CT molecular complexity index is 318. The van der Waals surface area contributed by atoms with Crippen molar-refractivity contribution in [2.45, 2.75) is 45.7 Å². The van der Waals surface area contributed by atoms with Gasteiger partial charge in [0.05, 0.1) is 5.69 Å². The van der Waals surface area contributed by atoms with Gasteiger partial charge < -0.3 is 5.32 Å². The van der Waals surface area contributed by atoms with Crippen LogP contribution in [0.2, 0.25) is 0 Å². The fraction of sp³-hybridized carbons (Fsp3) is 0.615. The van der Waals surface area contributed by atoms with E-state index in [-0.39, 0.29) is 0 Å². The first-order valence-corrected chi connectivity index (χ1v) is 5.89. The summed E-state index contributed by atoms with van der Waals surface area (Å²) in [5, 5.41) is 3.55. The summed E-state index contributed by atoms with van der Waals surface area (Å²) in [6.07, 6.45) is 6.07. The molecule has 2 rings (SSSR count). The predicted octanol–water partition coefficient (Wildman–Crippen LogP) is 2.67. The van der Waals surface area contributed by atoms with Crippen LogP contribution in [0, 0.1) is 12.8 Å². The first-order valence-electron chi connectivity index (χ1n) is 5.89. The zero-order chi connectivity index (χ0) is 10.7. The maximum atomic E-state index is 4.38. The second-order valence-corrected chi connectivity index (χ2v) is 4.73. The van der Waals surface area contributed by atoms with Crippen LogP contribution in [0.15, 0.2) is 18.3 Å². The highest BCUT2D eigenvalue weighted by atomic mass is 14.9. The third-order valence-corrected chi connectivity index (χ3v) is 3.12. The van der Waals surface area contributed by atoms with E-state index < -0.39 is 0 Å². The van der Waals surface area contributed by atoms with Crippen molar-refractivity contribution in [3.8, 4) is 0 Å². The van der Waals surface area contributed by atoms with Gasteiger partial charge in [0.15, 0.2) is 0 Å². The molecule has 0 saturated heterocycles. The van der Waals surface area contributed by atoms with Crippen molar-refractivity contribution in [2.24, 2.45) is 5.92 Å². The second-order valence-electron chi connectivity index (χ2n) is 4.73. The molecule has 1 aliphatic carbocycles. The molecule has 0 aliphatic heterocycles. The molecule has 1 heterocycles. The number of aromatic nitrogens is 1. The quantitative estimate of drug-likeness (QED) is 0.797. The lowest BCUT2D eigenvalue weighted by molar-refractivity contribution is 0.483. The van der Waals surface area contributed by atoms with E-state index in [2.05, 4.69) is 30.2 Å². The molecule has 0 aromatic carbocycles. The van der Waals surface area contributed by atoms with Crippen molar-refractivity contribution >= 4 is 0 Å². The number of nitrogens with one attached hydrogen (secondary N) is 1. The summed E-state index contributed by atoms with van der Waals surface area (Å²) in [4.78, 5) is 4.38. The van der Waals surface area contributed by atoms with E-state index in [1.54, 1.807) is 0 Å².